The fourth-order valence-electron chi connectivity index (χ4n) is 1.86. The number of amides is 1. The van der Waals surface area contributed by atoms with Gasteiger partial charge in [0.1, 0.15) is 0 Å². The molecule has 0 saturated heterocycles. The number of rotatable bonds is 5. The van der Waals surface area contributed by atoms with Crippen molar-refractivity contribution < 1.29 is 4.79 Å². The Balaban J connectivity index is 2.76. The molecule has 1 aromatic rings. The zero-order valence-electron chi connectivity index (χ0n) is 11.5. The number of halogens is 2. The molecule has 5 heteroatoms. The number of hydrogen-bond acceptors (Lipinski definition) is 2. The van der Waals surface area contributed by atoms with Crippen LogP contribution in [0.4, 0.5) is 0 Å². The van der Waals surface area contributed by atoms with Gasteiger partial charge < -0.3 is 11.1 Å². The van der Waals surface area contributed by atoms with Gasteiger partial charge in [-0.1, -0.05) is 42.6 Å². The third-order valence-electron chi connectivity index (χ3n) is 3.08. The standard InChI is InChI=1S/C14H20Cl2N2O/c1-4-7-14(3,17)13(19)18-9(2)10-5-6-11(15)12(16)8-10/h5-6,8-9H,4,7,17H2,1-3H3,(H,18,19). The SMILES string of the molecule is CCCC(C)(N)C(=O)NC(C)c1ccc(Cl)c(Cl)c1. The second-order valence-corrected chi connectivity index (χ2v) is 5.85. The number of carbonyl (C=O) groups excluding carboxylic acids is 1. The molecule has 0 fully saturated rings. The average molecular weight is 303 g/mol. The lowest BCUT2D eigenvalue weighted by Gasteiger charge is -2.25. The van der Waals surface area contributed by atoms with Crippen LogP contribution in [0.25, 0.3) is 0 Å². The first-order chi connectivity index (χ1) is 8.77. The topological polar surface area (TPSA) is 55.1 Å². The molecule has 1 aromatic carbocycles. The van der Waals surface area contributed by atoms with Crippen molar-refractivity contribution in [3.05, 3.63) is 33.8 Å². The Labute approximate surface area is 124 Å². The highest BCUT2D eigenvalue weighted by Gasteiger charge is 2.28. The number of nitrogens with one attached hydrogen (secondary N) is 1. The fourth-order valence-corrected chi connectivity index (χ4v) is 2.17. The molecule has 3 nitrogen and oxygen atoms in total. The monoisotopic (exact) mass is 302 g/mol. The van der Waals surface area contributed by atoms with Crippen molar-refractivity contribution >= 4 is 29.1 Å². The predicted octanol–water partition coefficient (Wildman–Crippen LogP) is 3.69. The molecule has 0 radical (unpaired) electrons. The van der Waals surface area contributed by atoms with Gasteiger partial charge in [0.2, 0.25) is 5.91 Å². The molecule has 0 aliphatic carbocycles. The quantitative estimate of drug-likeness (QED) is 0.871. The van der Waals surface area contributed by atoms with Crippen LogP contribution in [0.2, 0.25) is 10.0 Å². The lowest BCUT2D eigenvalue weighted by molar-refractivity contribution is -0.126. The second kappa shape index (κ2) is 6.60. The molecule has 0 aromatic heterocycles. The van der Waals surface area contributed by atoms with E-state index in [1.54, 1.807) is 19.1 Å². The second-order valence-electron chi connectivity index (χ2n) is 5.04. The highest BCUT2D eigenvalue weighted by molar-refractivity contribution is 6.42. The molecule has 0 saturated carbocycles. The Morgan fingerprint density at radius 1 is 1.42 bits per heavy atom. The molecule has 0 heterocycles. The van der Waals surface area contributed by atoms with Crippen LogP contribution in [0.1, 0.15) is 45.2 Å². The molecule has 3 N–H and O–H groups in total. The maximum absolute atomic E-state index is 12.1. The first-order valence-corrected chi connectivity index (χ1v) is 7.08. The lowest BCUT2D eigenvalue weighted by Crippen LogP contribution is -2.52. The van der Waals surface area contributed by atoms with Gasteiger partial charge in [-0.25, -0.2) is 0 Å². The fraction of sp³-hybridized carbons (Fsp3) is 0.500. The summed E-state index contributed by atoms with van der Waals surface area (Å²) in [5, 5.41) is 3.88. The third-order valence-corrected chi connectivity index (χ3v) is 3.82. The van der Waals surface area contributed by atoms with Gasteiger partial charge in [-0.05, 0) is 38.0 Å². The van der Waals surface area contributed by atoms with E-state index in [9.17, 15) is 4.79 Å². The Kier molecular flexibility index (Phi) is 5.65. The summed E-state index contributed by atoms with van der Waals surface area (Å²) < 4.78 is 0. The Hall–Kier alpha value is -0.770. The maximum atomic E-state index is 12.1. The smallest absolute Gasteiger partial charge is 0.240 e. The van der Waals surface area contributed by atoms with E-state index in [0.29, 0.717) is 16.5 Å². The van der Waals surface area contributed by atoms with Gasteiger partial charge in [-0.15, -0.1) is 0 Å². The molecule has 0 aliphatic rings. The molecule has 2 unspecified atom stereocenters. The molecular formula is C14H20Cl2N2O. The van der Waals surface area contributed by atoms with Crippen molar-refractivity contribution in [1.82, 2.24) is 5.32 Å². The van der Waals surface area contributed by atoms with E-state index in [0.717, 1.165) is 12.0 Å². The van der Waals surface area contributed by atoms with Gasteiger partial charge in [-0.3, -0.25) is 4.79 Å². The molecule has 0 bridgehead atoms. The van der Waals surface area contributed by atoms with E-state index >= 15 is 0 Å². The van der Waals surface area contributed by atoms with Crippen LogP contribution < -0.4 is 11.1 Å². The molecule has 106 valence electrons. The van der Waals surface area contributed by atoms with Crippen LogP contribution in [-0.2, 0) is 4.79 Å². The predicted molar refractivity (Wildman–Crippen MR) is 80.5 cm³/mol. The minimum Gasteiger partial charge on any atom is -0.348 e. The summed E-state index contributed by atoms with van der Waals surface area (Å²) in [6.07, 6.45) is 1.51. The van der Waals surface area contributed by atoms with E-state index in [-0.39, 0.29) is 11.9 Å². The van der Waals surface area contributed by atoms with Crippen molar-refractivity contribution in [1.29, 1.82) is 0 Å². The Morgan fingerprint density at radius 2 is 2.05 bits per heavy atom. The van der Waals surface area contributed by atoms with Crippen molar-refractivity contribution in [3.8, 4) is 0 Å². The van der Waals surface area contributed by atoms with Crippen molar-refractivity contribution in [2.24, 2.45) is 5.73 Å². The maximum Gasteiger partial charge on any atom is 0.240 e. The number of benzene rings is 1. The Morgan fingerprint density at radius 3 is 2.58 bits per heavy atom. The van der Waals surface area contributed by atoms with Gasteiger partial charge in [0.05, 0.1) is 21.6 Å². The van der Waals surface area contributed by atoms with Crippen molar-refractivity contribution in [2.75, 3.05) is 0 Å². The molecule has 19 heavy (non-hydrogen) atoms. The van der Waals surface area contributed by atoms with Crippen LogP contribution in [0, 0.1) is 0 Å². The Bertz CT molecular complexity index is 461. The van der Waals surface area contributed by atoms with Crippen molar-refractivity contribution in [2.45, 2.75) is 45.2 Å². The zero-order chi connectivity index (χ0) is 14.6. The highest BCUT2D eigenvalue weighted by atomic mass is 35.5. The summed E-state index contributed by atoms with van der Waals surface area (Å²) in [6, 6.07) is 5.15. The third kappa shape index (κ3) is 4.37. The lowest BCUT2D eigenvalue weighted by atomic mass is 9.95. The summed E-state index contributed by atoms with van der Waals surface area (Å²) in [7, 11) is 0. The van der Waals surface area contributed by atoms with Gasteiger partial charge in [0, 0.05) is 0 Å². The highest BCUT2D eigenvalue weighted by Crippen LogP contribution is 2.25. The summed E-state index contributed by atoms with van der Waals surface area (Å²) >= 11 is 11.8. The van der Waals surface area contributed by atoms with Gasteiger partial charge >= 0.3 is 0 Å². The first kappa shape index (κ1) is 16.3. The van der Waals surface area contributed by atoms with Crippen LogP contribution in [0.15, 0.2) is 18.2 Å². The minimum atomic E-state index is -0.848. The average Bonchev–Trinajstić information content (AvgIpc) is 2.32. The molecule has 0 aliphatic heterocycles. The molecule has 1 amide bonds. The van der Waals surface area contributed by atoms with Crippen LogP contribution >= 0.6 is 23.2 Å². The summed E-state index contributed by atoms with van der Waals surface area (Å²) in [4.78, 5) is 12.1. The van der Waals surface area contributed by atoms with Crippen LogP contribution in [0.3, 0.4) is 0 Å². The van der Waals surface area contributed by atoms with Crippen LogP contribution in [0.5, 0.6) is 0 Å². The van der Waals surface area contributed by atoms with Gasteiger partial charge in [0.15, 0.2) is 0 Å². The summed E-state index contributed by atoms with van der Waals surface area (Å²) in [5.41, 5.74) is 6.04. The number of carbonyl (C=O) groups is 1. The normalized spacial score (nSPS) is 15.7. The van der Waals surface area contributed by atoms with Crippen LogP contribution in [-0.4, -0.2) is 11.4 Å². The minimum absolute atomic E-state index is 0.159. The summed E-state index contributed by atoms with van der Waals surface area (Å²) in [5.74, 6) is -0.159. The van der Waals surface area contributed by atoms with Gasteiger partial charge in [-0.2, -0.15) is 0 Å². The molecular weight excluding hydrogens is 283 g/mol. The first-order valence-electron chi connectivity index (χ1n) is 6.32. The van der Waals surface area contributed by atoms with E-state index < -0.39 is 5.54 Å². The van der Waals surface area contributed by atoms with E-state index in [1.165, 1.54) is 0 Å². The molecule has 0 spiro atoms. The summed E-state index contributed by atoms with van der Waals surface area (Å²) in [6.45, 7) is 5.63. The molecule has 2 atom stereocenters. The zero-order valence-corrected chi connectivity index (χ0v) is 13.0. The molecule has 1 rings (SSSR count). The van der Waals surface area contributed by atoms with E-state index in [2.05, 4.69) is 5.32 Å². The van der Waals surface area contributed by atoms with Gasteiger partial charge in [0.25, 0.3) is 0 Å². The van der Waals surface area contributed by atoms with E-state index in [4.69, 9.17) is 28.9 Å². The van der Waals surface area contributed by atoms with E-state index in [1.807, 2.05) is 19.9 Å². The number of nitrogens with two attached hydrogens (primary N) is 1. The largest absolute Gasteiger partial charge is 0.348 e. The van der Waals surface area contributed by atoms with Crippen molar-refractivity contribution in [3.63, 3.8) is 0 Å². The number of hydrogen-bond donors (Lipinski definition) is 2.